The van der Waals surface area contributed by atoms with Gasteiger partial charge >= 0.3 is 0 Å². The third-order valence-electron chi connectivity index (χ3n) is 9.50. The zero-order valence-electron chi connectivity index (χ0n) is 23.2. The number of carbonyl (C=O) groups excluding carboxylic acids is 3. The molecule has 2 bridgehead atoms. The van der Waals surface area contributed by atoms with E-state index >= 15 is 0 Å². The molecule has 4 saturated heterocycles. The van der Waals surface area contributed by atoms with E-state index < -0.39 is 35.1 Å². The minimum absolute atomic E-state index is 0.0353. The summed E-state index contributed by atoms with van der Waals surface area (Å²) in [7, 11) is 0. The predicted octanol–water partition coefficient (Wildman–Crippen LogP) is 0.533. The summed E-state index contributed by atoms with van der Waals surface area (Å²) in [5.41, 5.74) is -1.03. The first kappa shape index (κ1) is 28.0. The summed E-state index contributed by atoms with van der Waals surface area (Å²) in [6, 6.07) is 8.19. The van der Waals surface area contributed by atoms with Crippen LogP contribution in [0.2, 0.25) is 0 Å². The molecule has 4 aliphatic heterocycles. The standard InChI is InChI=1S/C29H42N4O6/c1-4-21(18-34)33-24(26(36)30-10-11-32-12-14-38-15-13-32)29-16-19(2)28(3,39-29)22(23(29)27(33)37)25(35)31-17-20-8-6-5-7-9-20/h5-9,19,21-24,34H,4,10-18H2,1-3H3,(H,30,36)(H,31,35)/t19?,21-,22+,23-,24?,28-,29?/m0/s1. The molecule has 3 amide bonds. The van der Waals surface area contributed by atoms with E-state index in [1.54, 1.807) is 0 Å². The number of rotatable bonds is 10. The number of carbonyl (C=O) groups is 3. The SMILES string of the molecule is CC[C@@H](CO)N1C(=O)[C@@H]2[C@H](C(=O)NCc3ccccc3)[C@@]3(C)OC2(CC3C)C1C(=O)NCCN1CCOCC1. The summed E-state index contributed by atoms with van der Waals surface area (Å²) in [6.45, 7) is 10.0. The molecule has 4 aliphatic rings. The van der Waals surface area contributed by atoms with E-state index in [0.717, 1.165) is 18.7 Å². The Balaban J connectivity index is 1.41. The van der Waals surface area contributed by atoms with Gasteiger partial charge in [0.2, 0.25) is 17.7 Å². The topological polar surface area (TPSA) is 120 Å². The van der Waals surface area contributed by atoms with Gasteiger partial charge in [-0.1, -0.05) is 44.2 Å². The number of benzene rings is 1. The first-order valence-corrected chi connectivity index (χ1v) is 14.3. The van der Waals surface area contributed by atoms with Crippen molar-refractivity contribution in [1.82, 2.24) is 20.4 Å². The fourth-order valence-corrected chi connectivity index (χ4v) is 7.34. The zero-order chi connectivity index (χ0) is 27.8. The van der Waals surface area contributed by atoms with E-state index in [1.165, 1.54) is 4.90 Å². The molecular formula is C29H42N4O6. The number of aliphatic hydroxyl groups excluding tert-OH is 1. The lowest BCUT2D eigenvalue weighted by Gasteiger charge is -2.37. The number of morpholine rings is 1. The van der Waals surface area contributed by atoms with Crippen LogP contribution in [0.4, 0.5) is 0 Å². The van der Waals surface area contributed by atoms with Crippen LogP contribution in [-0.4, -0.2) is 102 Å². The Morgan fingerprint density at radius 3 is 2.54 bits per heavy atom. The van der Waals surface area contributed by atoms with E-state index in [4.69, 9.17) is 9.47 Å². The molecule has 0 radical (unpaired) electrons. The van der Waals surface area contributed by atoms with Crippen molar-refractivity contribution in [1.29, 1.82) is 0 Å². The van der Waals surface area contributed by atoms with Gasteiger partial charge in [-0.2, -0.15) is 0 Å². The van der Waals surface area contributed by atoms with Crippen molar-refractivity contribution in [2.45, 2.75) is 63.4 Å². The van der Waals surface area contributed by atoms with Gasteiger partial charge in [0, 0.05) is 32.7 Å². The number of hydrogen-bond donors (Lipinski definition) is 3. The van der Waals surface area contributed by atoms with E-state index in [2.05, 4.69) is 15.5 Å². The lowest BCUT2D eigenvalue weighted by atomic mass is 9.62. The Hall–Kier alpha value is -2.53. The molecule has 214 valence electrons. The normalized spacial score (nSPS) is 34.7. The summed E-state index contributed by atoms with van der Waals surface area (Å²) < 4.78 is 12.2. The zero-order valence-corrected chi connectivity index (χ0v) is 23.2. The number of likely N-dealkylation sites (tertiary alicyclic amines) is 1. The van der Waals surface area contributed by atoms with Crippen LogP contribution in [0.15, 0.2) is 30.3 Å². The molecule has 3 unspecified atom stereocenters. The van der Waals surface area contributed by atoms with Crippen LogP contribution in [0, 0.1) is 17.8 Å². The van der Waals surface area contributed by atoms with Gasteiger partial charge < -0.3 is 30.1 Å². The summed E-state index contributed by atoms with van der Waals surface area (Å²) in [5, 5.41) is 16.3. The second-order valence-corrected chi connectivity index (χ2v) is 11.6. The number of aliphatic hydroxyl groups is 1. The molecule has 1 aromatic carbocycles. The fourth-order valence-electron chi connectivity index (χ4n) is 7.34. The molecule has 4 heterocycles. The van der Waals surface area contributed by atoms with E-state index in [-0.39, 0.29) is 30.2 Å². The highest BCUT2D eigenvalue weighted by molar-refractivity contribution is 5.99. The summed E-state index contributed by atoms with van der Waals surface area (Å²) in [4.78, 5) is 45.6. The lowest BCUT2D eigenvalue weighted by molar-refractivity contribution is -0.151. The molecule has 0 aromatic heterocycles. The Morgan fingerprint density at radius 2 is 1.87 bits per heavy atom. The van der Waals surface area contributed by atoms with Crippen LogP contribution in [0.5, 0.6) is 0 Å². The van der Waals surface area contributed by atoms with Crippen LogP contribution >= 0.6 is 0 Å². The molecule has 4 fully saturated rings. The minimum Gasteiger partial charge on any atom is -0.394 e. The Labute approximate surface area is 230 Å². The van der Waals surface area contributed by atoms with Gasteiger partial charge in [-0.05, 0) is 31.2 Å². The first-order valence-electron chi connectivity index (χ1n) is 14.3. The van der Waals surface area contributed by atoms with Gasteiger partial charge in [-0.25, -0.2) is 0 Å². The van der Waals surface area contributed by atoms with Crippen molar-refractivity contribution in [3.63, 3.8) is 0 Å². The molecule has 1 aromatic rings. The smallest absolute Gasteiger partial charge is 0.245 e. The average molecular weight is 543 g/mol. The molecule has 10 heteroatoms. The average Bonchev–Trinajstić information content (AvgIpc) is 3.46. The van der Waals surface area contributed by atoms with Gasteiger partial charge in [0.15, 0.2) is 0 Å². The molecule has 39 heavy (non-hydrogen) atoms. The first-order chi connectivity index (χ1) is 18.8. The van der Waals surface area contributed by atoms with Gasteiger partial charge in [0.25, 0.3) is 0 Å². The van der Waals surface area contributed by atoms with Crippen molar-refractivity contribution in [2.75, 3.05) is 46.0 Å². The third-order valence-corrected chi connectivity index (χ3v) is 9.50. The number of ether oxygens (including phenoxy) is 2. The quantitative estimate of drug-likeness (QED) is 0.395. The molecule has 0 saturated carbocycles. The molecule has 3 N–H and O–H groups in total. The Morgan fingerprint density at radius 1 is 1.15 bits per heavy atom. The van der Waals surface area contributed by atoms with Crippen molar-refractivity contribution < 1.29 is 29.0 Å². The highest BCUT2D eigenvalue weighted by Gasteiger charge is 2.80. The summed E-state index contributed by atoms with van der Waals surface area (Å²) in [5.74, 6) is -2.36. The van der Waals surface area contributed by atoms with Crippen molar-refractivity contribution in [2.24, 2.45) is 17.8 Å². The number of nitrogens with one attached hydrogen (secondary N) is 2. The highest BCUT2D eigenvalue weighted by atomic mass is 16.5. The molecular weight excluding hydrogens is 500 g/mol. The third kappa shape index (κ3) is 4.75. The number of fused-ring (bicyclic) bond motifs is 1. The van der Waals surface area contributed by atoms with Gasteiger partial charge in [0.1, 0.15) is 11.6 Å². The predicted molar refractivity (Wildman–Crippen MR) is 143 cm³/mol. The molecule has 7 atom stereocenters. The van der Waals surface area contributed by atoms with E-state index in [0.29, 0.717) is 45.7 Å². The summed E-state index contributed by atoms with van der Waals surface area (Å²) in [6.07, 6.45) is 0.989. The van der Waals surface area contributed by atoms with E-state index in [9.17, 15) is 19.5 Å². The molecule has 1 spiro atoms. The lowest BCUT2D eigenvalue weighted by Crippen LogP contribution is -2.58. The van der Waals surface area contributed by atoms with Crippen molar-refractivity contribution >= 4 is 17.7 Å². The largest absolute Gasteiger partial charge is 0.394 e. The maximum absolute atomic E-state index is 14.2. The van der Waals surface area contributed by atoms with Gasteiger partial charge in [0.05, 0.1) is 43.3 Å². The van der Waals surface area contributed by atoms with E-state index in [1.807, 2.05) is 51.1 Å². The maximum Gasteiger partial charge on any atom is 0.245 e. The maximum atomic E-state index is 14.2. The second-order valence-electron chi connectivity index (χ2n) is 11.6. The Kier molecular flexibility index (Phi) is 8.01. The monoisotopic (exact) mass is 542 g/mol. The van der Waals surface area contributed by atoms with Gasteiger partial charge in [-0.15, -0.1) is 0 Å². The van der Waals surface area contributed by atoms with Crippen molar-refractivity contribution in [3.05, 3.63) is 35.9 Å². The van der Waals surface area contributed by atoms with Gasteiger partial charge in [-0.3, -0.25) is 19.3 Å². The molecule has 10 nitrogen and oxygen atoms in total. The highest BCUT2D eigenvalue weighted by Crippen LogP contribution is 2.65. The van der Waals surface area contributed by atoms with Crippen LogP contribution < -0.4 is 10.6 Å². The van der Waals surface area contributed by atoms with Crippen molar-refractivity contribution in [3.8, 4) is 0 Å². The minimum atomic E-state index is -1.12. The Bertz CT molecular complexity index is 1060. The molecule has 0 aliphatic carbocycles. The number of hydrogen-bond acceptors (Lipinski definition) is 7. The van der Waals surface area contributed by atoms with Crippen LogP contribution in [0.3, 0.4) is 0 Å². The van der Waals surface area contributed by atoms with Crippen LogP contribution in [0.25, 0.3) is 0 Å². The summed E-state index contributed by atoms with van der Waals surface area (Å²) >= 11 is 0. The second kappa shape index (κ2) is 11.2. The molecule has 5 rings (SSSR count). The van der Waals surface area contributed by atoms with Crippen LogP contribution in [-0.2, 0) is 30.4 Å². The number of amides is 3. The van der Waals surface area contributed by atoms with Crippen LogP contribution in [0.1, 0.15) is 39.2 Å². The fraction of sp³-hybridized carbons (Fsp3) is 0.690. The number of nitrogens with zero attached hydrogens (tertiary/aromatic N) is 2.